The first-order chi connectivity index (χ1) is 16.5. The molecule has 2 atom stereocenters. The van der Waals surface area contributed by atoms with Crippen molar-refractivity contribution in [1.82, 2.24) is 20.3 Å². The van der Waals surface area contributed by atoms with E-state index in [9.17, 15) is 9.59 Å². The molecule has 3 heterocycles. The van der Waals surface area contributed by atoms with E-state index in [4.69, 9.17) is 22.7 Å². The van der Waals surface area contributed by atoms with Gasteiger partial charge >= 0.3 is 5.97 Å². The Morgan fingerprint density at radius 1 is 1.18 bits per heavy atom. The summed E-state index contributed by atoms with van der Waals surface area (Å²) in [5.74, 6) is -0.449. The SMILES string of the molecule is N[C@@H]1C(=O)N2C(C(=O)OC(c3ccccc3)c3ccccc3)=C(SC(=S)c3c[nH]nn3)CS[C@@H]12. The summed E-state index contributed by atoms with van der Waals surface area (Å²) in [5.41, 5.74) is 8.32. The van der Waals surface area contributed by atoms with Gasteiger partial charge in [0.1, 0.15) is 27.0 Å². The van der Waals surface area contributed by atoms with Gasteiger partial charge in [0.15, 0.2) is 6.10 Å². The number of nitrogens with one attached hydrogen (secondary N) is 1. The van der Waals surface area contributed by atoms with E-state index < -0.39 is 18.1 Å². The van der Waals surface area contributed by atoms with Crippen molar-refractivity contribution in [2.24, 2.45) is 5.73 Å². The molecule has 2 aliphatic heterocycles. The molecule has 2 aliphatic rings. The molecule has 1 fully saturated rings. The van der Waals surface area contributed by atoms with Gasteiger partial charge in [-0.15, -0.1) is 16.9 Å². The number of fused-ring (bicyclic) bond motifs is 1. The molecule has 0 radical (unpaired) electrons. The van der Waals surface area contributed by atoms with E-state index in [0.717, 1.165) is 11.1 Å². The van der Waals surface area contributed by atoms with Crippen molar-refractivity contribution < 1.29 is 14.3 Å². The molecule has 3 N–H and O–H groups in total. The normalized spacial score (nSPS) is 19.6. The Kier molecular flexibility index (Phi) is 6.50. The van der Waals surface area contributed by atoms with E-state index in [1.54, 1.807) is 6.20 Å². The van der Waals surface area contributed by atoms with E-state index in [0.29, 0.717) is 20.5 Å². The van der Waals surface area contributed by atoms with Crippen molar-refractivity contribution in [1.29, 1.82) is 0 Å². The Balaban J connectivity index is 1.50. The van der Waals surface area contributed by atoms with Gasteiger partial charge in [0.25, 0.3) is 0 Å². The highest BCUT2D eigenvalue weighted by Crippen LogP contribution is 2.44. The number of β-lactam (4-membered cyclic amide) rings is 1. The number of amides is 1. The van der Waals surface area contributed by atoms with E-state index in [-0.39, 0.29) is 17.0 Å². The summed E-state index contributed by atoms with van der Waals surface area (Å²) in [7, 11) is 0. The van der Waals surface area contributed by atoms with Gasteiger partial charge in [0.05, 0.1) is 6.20 Å². The number of hydrogen-bond donors (Lipinski definition) is 2. The van der Waals surface area contributed by atoms with Gasteiger partial charge in [-0.2, -0.15) is 0 Å². The zero-order valence-electron chi connectivity index (χ0n) is 17.7. The lowest BCUT2D eigenvalue weighted by Gasteiger charge is -2.48. The number of aromatic nitrogens is 3. The largest absolute Gasteiger partial charge is 0.448 e. The van der Waals surface area contributed by atoms with Gasteiger partial charge in [0, 0.05) is 10.7 Å². The second-order valence-corrected chi connectivity index (χ2v) is 10.4. The number of carbonyl (C=O) groups is 2. The third-order valence-corrected chi connectivity index (χ3v) is 8.36. The summed E-state index contributed by atoms with van der Waals surface area (Å²) < 4.78 is 6.51. The maximum atomic E-state index is 13.7. The monoisotopic (exact) mass is 509 g/mol. The Labute approximate surface area is 209 Å². The molecule has 1 amide bonds. The van der Waals surface area contributed by atoms with Crippen molar-refractivity contribution in [3.63, 3.8) is 0 Å². The minimum atomic E-state index is -0.652. The molecule has 0 aliphatic carbocycles. The lowest BCUT2D eigenvalue weighted by molar-refractivity contribution is -0.152. The number of benzene rings is 2. The van der Waals surface area contributed by atoms with Crippen LogP contribution in [0.25, 0.3) is 0 Å². The van der Waals surface area contributed by atoms with Gasteiger partial charge in [-0.25, -0.2) is 4.79 Å². The van der Waals surface area contributed by atoms with Crippen LogP contribution in [0.4, 0.5) is 0 Å². The number of hydrogen-bond acceptors (Lipinski definition) is 9. The Hall–Kier alpha value is -2.99. The minimum absolute atomic E-state index is 0.183. The lowest BCUT2D eigenvalue weighted by Crippen LogP contribution is -2.68. The minimum Gasteiger partial charge on any atom is -0.448 e. The van der Waals surface area contributed by atoms with Crippen LogP contribution >= 0.6 is 35.7 Å². The Bertz CT molecular complexity index is 1210. The summed E-state index contributed by atoms with van der Waals surface area (Å²) >= 11 is 8.19. The van der Waals surface area contributed by atoms with Gasteiger partial charge in [-0.05, 0) is 11.1 Å². The number of nitrogens with zero attached hydrogens (tertiary/aromatic N) is 3. The predicted octanol–water partition coefficient (Wildman–Crippen LogP) is 3.00. The number of ether oxygens (including phenoxy) is 1. The smallest absolute Gasteiger partial charge is 0.356 e. The van der Waals surface area contributed by atoms with Crippen LogP contribution in [-0.2, 0) is 14.3 Å². The first-order valence-electron chi connectivity index (χ1n) is 10.4. The Morgan fingerprint density at radius 2 is 1.82 bits per heavy atom. The average molecular weight is 510 g/mol. The number of thioether (sulfide) groups is 2. The molecule has 172 valence electrons. The quantitative estimate of drug-likeness (QED) is 0.294. The first kappa shape index (κ1) is 22.8. The van der Waals surface area contributed by atoms with Crippen molar-refractivity contribution in [2.45, 2.75) is 17.5 Å². The molecular formula is C23H19N5O3S3. The van der Waals surface area contributed by atoms with Crippen LogP contribution < -0.4 is 5.73 Å². The van der Waals surface area contributed by atoms with Crippen molar-refractivity contribution in [2.75, 3.05) is 5.75 Å². The summed E-state index contributed by atoms with van der Waals surface area (Å²) in [6, 6.07) is 18.3. The predicted molar refractivity (Wildman–Crippen MR) is 135 cm³/mol. The molecular weight excluding hydrogens is 490 g/mol. The maximum Gasteiger partial charge on any atom is 0.356 e. The first-order valence-corrected chi connectivity index (χ1v) is 12.6. The van der Waals surface area contributed by atoms with Gasteiger partial charge in [0.2, 0.25) is 5.91 Å². The number of thiocarbonyl (C=S) groups is 1. The number of rotatable bonds is 6. The second-order valence-electron chi connectivity index (χ2n) is 7.56. The van der Waals surface area contributed by atoms with Crippen LogP contribution in [0.5, 0.6) is 0 Å². The molecule has 0 bridgehead atoms. The van der Waals surface area contributed by atoms with Crippen molar-refractivity contribution in [3.8, 4) is 0 Å². The fourth-order valence-electron chi connectivity index (χ4n) is 3.77. The van der Waals surface area contributed by atoms with E-state index in [1.165, 1.54) is 28.4 Å². The highest BCUT2D eigenvalue weighted by atomic mass is 32.2. The molecule has 8 nitrogen and oxygen atoms in total. The molecule has 1 aromatic heterocycles. The van der Waals surface area contributed by atoms with E-state index >= 15 is 0 Å². The standard InChI is InChI=1S/C23H19N5O3S3/c24-17-20(29)28-18(16(12-33-21(17)28)34-23(32)15-11-25-27-26-15)22(30)31-19(13-7-3-1-4-8-13)14-9-5-2-6-10-14/h1-11,17,19,21H,12,24H2,(H,25,26,27)/t17-,21+/m1/s1. The zero-order valence-corrected chi connectivity index (χ0v) is 20.1. The van der Waals surface area contributed by atoms with E-state index in [1.807, 2.05) is 60.7 Å². The molecule has 5 rings (SSSR count). The third-order valence-electron chi connectivity index (χ3n) is 5.44. The van der Waals surface area contributed by atoms with E-state index in [2.05, 4.69) is 15.4 Å². The molecule has 2 aromatic carbocycles. The van der Waals surface area contributed by atoms with Crippen LogP contribution in [0.2, 0.25) is 0 Å². The molecule has 0 saturated carbocycles. The van der Waals surface area contributed by atoms with Crippen LogP contribution in [0.3, 0.4) is 0 Å². The molecule has 34 heavy (non-hydrogen) atoms. The Morgan fingerprint density at radius 3 is 2.41 bits per heavy atom. The van der Waals surface area contributed by atoms with Crippen LogP contribution in [0, 0.1) is 0 Å². The number of H-pyrrole nitrogens is 1. The maximum absolute atomic E-state index is 13.7. The third kappa shape index (κ3) is 4.27. The molecule has 3 aromatic rings. The van der Waals surface area contributed by atoms with Crippen LogP contribution in [0.1, 0.15) is 22.9 Å². The molecule has 0 spiro atoms. The topological polar surface area (TPSA) is 114 Å². The molecule has 1 saturated heterocycles. The summed E-state index contributed by atoms with van der Waals surface area (Å²) in [4.78, 5) is 28.4. The number of carbonyl (C=O) groups excluding carboxylic acids is 2. The summed E-state index contributed by atoms with van der Waals surface area (Å²) in [6.07, 6.45) is 0.937. The number of aromatic amines is 1. The summed E-state index contributed by atoms with van der Waals surface area (Å²) in [5, 5.41) is 9.94. The van der Waals surface area contributed by atoms with Crippen LogP contribution in [-0.4, -0.2) is 53.6 Å². The average Bonchev–Trinajstić information content (AvgIpc) is 3.43. The molecule has 11 heteroatoms. The highest BCUT2D eigenvalue weighted by Gasteiger charge is 2.52. The van der Waals surface area contributed by atoms with Crippen molar-refractivity contribution >= 4 is 51.8 Å². The lowest BCUT2D eigenvalue weighted by atomic mass is 10.0. The highest BCUT2D eigenvalue weighted by molar-refractivity contribution is 8.26. The van der Waals surface area contributed by atoms with Gasteiger partial charge < -0.3 is 10.5 Å². The van der Waals surface area contributed by atoms with Gasteiger partial charge in [-0.3, -0.25) is 14.8 Å². The fourth-order valence-corrected chi connectivity index (χ4v) is 6.46. The summed E-state index contributed by atoms with van der Waals surface area (Å²) in [6.45, 7) is 0. The van der Waals surface area contributed by atoms with Gasteiger partial charge in [-0.1, -0.05) is 89.9 Å². The fraction of sp³-hybridized carbons (Fsp3) is 0.174. The zero-order chi connectivity index (χ0) is 23.7. The van der Waals surface area contributed by atoms with Crippen molar-refractivity contribution in [3.05, 3.63) is 94.3 Å². The second kappa shape index (κ2) is 9.71. The number of nitrogens with two attached hydrogens (primary N) is 1. The van der Waals surface area contributed by atoms with Crippen LogP contribution in [0.15, 0.2) is 77.5 Å². The molecule has 0 unspecified atom stereocenters. The number of esters is 1.